The zero-order chi connectivity index (χ0) is 23.7. The van der Waals surface area contributed by atoms with Gasteiger partial charge in [0.15, 0.2) is 0 Å². The van der Waals surface area contributed by atoms with Crippen molar-refractivity contribution in [3.05, 3.63) is 59.7 Å². The Bertz CT molecular complexity index is 988. The lowest BCUT2D eigenvalue weighted by Gasteiger charge is -2.34. The Morgan fingerprint density at radius 2 is 1.82 bits per heavy atom. The molecule has 1 fully saturated rings. The summed E-state index contributed by atoms with van der Waals surface area (Å²) >= 11 is 0. The van der Waals surface area contributed by atoms with Gasteiger partial charge in [0.25, 0.3) is 0 Å². The van der Waals surface area contributed by atoms with Crippen LogP contribution in [0, 0.1) is 16.7 Å². The molecule has 0 heterocycles. The third kappa shape index (κ3) is 6.01. The minimum absolute atomic E-state index is 0.0538. The van der Waals surface area contributed by atoms with Crippen LogP contribution in [0.2, 0.25) is 0 Å². The van der Waals surface area contributed by atoms with E-state index in [9.17, 15) is 14.9 Å². The van der Waals surface area contributed by atoms with Gasteiger partial charge in [-0.3, -0.25) is 9.59 Å². The first-order valence-corrected chi connectivity index (χ1v) is 12.1. The average Bonchev–Trinajstić information content (AvgIpc) is 3.32. The predicted octanol–water partition coefficient (Wildman–Crippen LogP) is 5.87. The number of esters is 1. The first-order valence-electron chi connectivity index (χ1n) is 12.1. The van der Waals surface area contributed by atoms with Crippen molar-refractivity contribution in [1.29, 1.82) is 5.26 Å². The first kappa shape index (κ1) is 24.5. The van der Waals surface area contributed by atoms with Crippen molar-refractivity contribution < 1.29 is 14.3 Å². The number of carbonyl (C=O) groups is 2. The van der Waals surface area contributed by atoms with E-state index in [0.717, 1.165) is 55.2 Å². The summed E-state index contributed by atoms with van der Waals surface area (Å²) in [5.74, 6) is -0.133. The van der Waals surface area contributed by atoms with Crippen LogP contribution in [0.15, 0.2) is 48.5 Å². The summed E-state index contributed by atoms with van der Waals surface area (Å²) in [4.78, 5) is 27.9. The van der Waals surface area contributed by atoms with Crippen LogP contribution in [-0.2, 0) is 20.9 Å². The van der Waals surface area contributed by atoms with Crippen LogP contribution in [-0.4, -0.2) is 29.9 Å². The molecule has 0 N–H and O–H groups in total. The maximum Gasteiger partial charge on any atom is 0.313 e. The molecule has 5 heteroatoms. The summed E-state index contributed by atoms with van der Waals surface area (Å²) in [6, 6.07) is 17.9. The number of unbranched alkanes of at least 4 members (excludes halogenated alkanes) is 1. The minimum atomic E-state index is -0.625. The molecule has 0 spiro atoms. The highest BCUT2D eigenvalue weighted by molar-refractivity contribution is 5.80. The molecule has 2 aromatic rings. The quantitative estimate of drug-likeness (QED) is 0.428. The van der Waals surface area contributed by atoms with E-state index in [0.29, 0.717) is 31.7 Å². The maximum absolute atomic E-state index is 13.2. The van der Waals surface area contributed by atoms with Gasteiger partial charge in [0.1, 0.15) is 0 Å². The Labute approximate surface area is 197 Å². The number of nitrogens with zero attached hydrogens (tertiary/aromatic N) is 2. The van der Waals surface area contributed by atoms with E-state index in [-0.39, 0.29) is 11.9 Å². The van der Waals surface area contributed by atoms with Crippen molar-refractivity contribution in [2.45, 2.75) is 65.3 Å². The van der Waals surface area contributed by atoms with Crippen LogP contribution in [0.4, 0.5) is 0 Å². The largest absolute Gasteiger partial charge is 0.466 e. The maximum atomic E-state index is 13.2. The molecule has 0 saturated heterocycles. The summed E-state index contributed by atoms with van der Waals surface area (Å²) in [6.45, 7) is 4.99. The van der Waals surface area contributed by atoms with Crippen molar-refractivity contribution in [2.75, 3.05) is 13.2 Å². The van der Waals surface area contributed by atoms with Gasteiger partial charge in [-0.1, -0.05) is 68.7 Å². The van der Waals surface area contributed by atoms with Gasteiger partial charge < -0.3 is 9.64 Å². The van der Waals surface area contributed by atoms with Crippen LogP contribution in [0.3, 0.4) is 0 Å². The Kier molecular flexibility index (Phi) is 8.65. The molecule has 1 aliphatic carbocycles. The molecule has 3 rings (SSSR count). The number of benzene rings is 2. The second-order valence-corrected chi connectivity index (χ2v) is 8.92. The second-order valence-electron chi connectivity index (χ2n) is 8.92. The Morgan fingerprint density at radius 3 is 2.45 bits per heavy atom. The second kappa shape index (κ2) is 11.7. The highest BCUT2D eigenvalue weighted by Crippen LogP contribution is 2.40. The van der Waals surface area contributed by atoms with Gasteiger partial charge >= 0.3 is 5.97 Å². The molecule has 174 valence electrons. The zero-order valence-corrected chi connectivity index (χ0v) is 19.8. The molecule has 0 aliphatic heterocycles. The van der Waals surface area contributed by atoms with Crippen LogP contribution in [0.25, 0.3) is 11.1 Å². The fourth-order valence-electron chi connectivity index (χ4n) is 4.72. The number of hydrogen-bond acceptors (Lipinski definition) is 4. The summed E-state index contributed by atoms with van der Waals surface area (Å²) in [5.41, 5.74) is 2.72. The number of ether oxygens (including phenoxy) is 1. The van der Waals surface area contributed by atoms with E-state index in [1.165, 1.54) is 0 Å². The molecule has 5 nitrogen and oxygen atoms in total. The van der Waals surface area contributed by atoms with Gasteiger partial charge in [0.05, 0.1) is 23.7 Å². The van der Waals surface area contributed by atoms with Crippen molar-refractivity contribution in [2.24, 2.45) is 5.41 Å². The third-order valence-corrected chi connectivity index (χ3v) is 6.52. The van der Waals surface area contributed by atoms with Crippen LogP contribution in [0.1, 0.15) is 69.9 Å². The van der Waals surface area contributed by atoms with Crippen molar-refractivity contribution in [3.63, 3.8) is 0 Å². The number of hydrogen-bond donors (Lipinski definition) is 0. The van der Waals surface area contributed by atoms with E-state index in [1.54, 1.807) is 0 Å². The first-order chi connectivity index (χ1) is 16.0. The average molecular weight is 447 g/mol. The summed E-state index contributed by atoms with van der Waals surface area (Å²) < 4.78 is 5.42. The summed E-state index contributed by atoms with van der Waals surface area (Å²) in [6.07, 6.45) is 5.66. The molecule has 2 aromatic carbocycles. The van der Waals surface area contributed by atoms with Crippen molar-refractivity contribution in [3.8, 4) is 17.2 Å². The van der Waals surface area contributed by atoms with Crippen molar-refractivity contribution >= 4 is 11.9 Å². The number of rotatable bonds is 10. The third-order valence-electron chi connectivity index (χ3n) is 6.52. The van der Waals surface area contributed by atoms with Gasteiger partial charge in [-0.2, -0.15) is 5.26 Å². The van der Waals surface area contributed by atoms with E-state index in [1.807, 2.05) is 60.4 Å². The zero-order valence-electron chi connectivity index (χ0n) is 19.8. The fourth-order valence-corrected chi connectivity index (χ4v) is 4.72. The van der Waals surface area contributed by atoms with E-state index in [2.05, 4.69) is 13.0 Å². The smallest absolute Gasteiger partial charge is 0.313 e. The van der Waals surface area contributed by atoms with Gasteiger partial charge in [0, 0.05) is 19.5 Å². The Morgan fingerprint density at radius 1 is 1.09 bits per heavy atom. The van der Waals surface area contributed by atoms with Crippen LogP contribution < -0.4 is 0 Å². The number of carbonyl (C=O) groups excluding carboxylic acids is 2. The van der Waals surface area contributed by atoms with E-state index in [4.69, 9.17) is 4.74 Å². The fraction of sp³-hybridized carbons (Fsp3) is 0.464. The molecule has 0 unspecified atom stereocenters. The van der Waals surface area contributed by atoms with Crippen LogP contribution >= 0.6 is 0 Å². The Hall–Kier alpha value is -3.13. The molecule has 33 heavy (non-hydrogen) atoms. The molecule has 1 aliphatic rings. The lowest BCUT2D eigenvalue weighted by atomic mass is 9.85. The standard InChI is InChI=1S/C28H34N2O3/c1-3-5-13-26(31)30(21-28(16-9-10-17-28)27(32)33-4-2)20-22-14-15-25(24(18-22)19-29)23-11-7-6-8-12-23/h6-8,11-12,14-15,18H,3-5,9-10,13,16-17,20-21H2,1-2H3. The topological polar surface area (TPSA) is 70.4 Å². The summed E-state index contributed by atoms with van der Waals surface area (Å²) in [5, 5.41) is 9.77. The SMILES string of the molecule is CCCCC(=O)N(Cc1ccc(-c2ccccc2)c(C#N)c1)CC1(C(=O)OCC)CCCC1. The minimum Gasteiger partial charge on any atom is -0.466 e. The Balaban J connectivity index is 1.88. The normalized spacial score (nSPS) is 14.5. The predicted molar refractivity (Wildman–Crippen MR) is 129 cm³/mol. The lowest BCUT2D eigenvalue weighted by Crippen LogP contribution is -2.44. The van der Waals surface area contributed by atoms with E-state index >= 15 is 0 Å². The van der Waals surface area contributed by atoms with Gasteiger partial charge in [-0.05, 0) is 48.9 Å². The van der Waals surface area contributed by atoms with Gasteiger partial charge in [-0.25, -0.2) is 0 Å². The molecule has 0 radical (unpaired) electrons. The molecule has 1 amide bonds. The highest BCUT2D eigenvalue weighted by Gasteiger charge is 2.44. The molecule has 0 bridgehead atoms. The molecule has 0 aromatic heterocycles. The molecular formula is C28H34N2O3. The van der Waals surface area contributed by atoms with Gasteiger partial charge in [-0.15, -0.1) is 0 Å². The molecule has 1 saturated carbocycles. The monoisotopic (exact) mass is 446 g/mol. The highest BCUT2D eigenvalue weighted by atomic mass is 16.5. The lowest BCUT2D eigenvalue weighted by molar-refractivity contribution is -0.157. The molecular weight excluding hydrogens is 412 g/mol. The number of amides is 1. The number of nitriles is 1. The summed E-state index contributed by atoms with van der Waals surface area (Å²) in [7, 11) is 0. The van der Waals surface area contributed by atoms with E-state index < -0.39 is 5.41 Å². The van der Waals surface area contributed by atoms with Gasteiger partial charge in [0.2, 0.25) is 5.91 Å². The van der Waals surface area contributed by atoms with Crippen LogP contribution in [0.5, 0.6) is 0 Å². The molecule has 0 atom stereocenters. The van der Waals surface area contributed by atoms with Crippen molar-refractivity contribution in [1.82, 2.24) is 4.90 Å².